The van der Waals surface area contributed by atoms with E-state index in [1.54, 1.807) is 14.2 Å². The third-order valence-electron chi connectivity index (χ3n) is 6.21. The van der Waals surface area contributed by atoms with Crippen LogP contribution in [0.5, 0.6) is 5.75 Å². The maximum Gasteiger partial charge on any atom is 0.326 e. The van der Waals surface area contributed by atoms with Gasteiger partial charge < -0.3 is 19.5 Å². The summed E-state index contributed by atoms with van der Waals surface area (Å²) in [5.41, 5.74) is 2.38. The quantitative estimate of drug-likeness (QED) is 0.739. The fourth-order valence-corrected chi connectivity index (χ4v) is 4.46. The summed E-state index contributed by atoms with van der Waals surface area (Å²) in [6.07, 6.45) is 4.78. The predicted octanol–water partition coefficient (Wildman–Crippen LogP) is 2.56. The van der Waals surface area contributed by atoms with Crippen LogP contribution in [-0.4, -0.2) is 77.9 Å². The summed E-state index contributed by atoms with van der Waals surface area (Å²) in [6.45, 7) is 1.89. The van der Waals surface area contributed by atoms with Crippen LogP contribution in [0.3, 0.4) is 0 Å². The Kier molecular flexibility index (Phi) is 5.65. The van der Waals surface area contributed by atoms with Crippen molar-refractivity contribution in [2.24, 2.45) is 0 Å². The average molecular weight is 412 g/mol. The predicted molar refractivity (Wildman–Crippen MR) is 112 cm³/mol. The normalized spacial score (nSPS) is 18.0. The zero-order valence-corrected chi connectivity index (χ0v) is 17.5. The zero-order chi connectivity index (χ0) is 21.3. The number of nitrogens with zero attached hydrogens (tertiary/aromatic N) is 3. The molecule has 8 heteroatoms. The molecule has 1 N–H and O–H groups in total. The van der Waals surface area contributed by atoms with Crippen molar-refractivity contribution in [1.82, 2.24) is 19.7 Å². The molecule has 3 heterocycles. The van der Waals surface area contributed by atoms with Crippen molar-refractivity contribution < 1.29 is 19.1 Å². The van der Waals surface area contributed by atoms with Crippen molar-refractivity contribution >= 4 is 28.7 Å². The van der Waals surface area contributed by atoms with Gasteiger partial charge in [-0.15, -0.1) is 0 Å². The van der Waals surface area contributed by atoms with E-state index < -0.39 is 0 Å². The molecule has 0 saturated carbocycles. The van der Waals surface area contributed by atoms with Gasteiger partial charge in [-0.3, -0.25) is 14.5 Å². The maximum absolute atomic E-state index is 12.6. The third kappa shape index (κ3) is 3.86. The number of nitrogens with one attached hydrogen (secondary N) is 1. The first-order valence-electron chi connectivity index (χ1n) is 10.5. The summed E-state index contributed by atoms with van der Waals surface area (Å²) in [5, 5.41) is 1.18. The van der Waals surface area contributed by atoms with Gasteiger partial charge in [-0.25, -0.2) is 4.79 Å². The van der Waals surface area contributed by atoms with Gasteiger partial charge in [0.05, 0.1) is 7.11 Å². The number of fused-ring (bicyclic) bond motifs is 1. The lowest BCUT2D eigenvalue weighted by Gasteiger charge is -2.32. The van der Waals surface area contributed by atoms with Gasteiger partial charge >= 0.3 is 6.03 Å². The van der Waals surface area contributed by atoms with Crippen molar-refractivity contribution in [3.63, 3.8) is 0 Å². The number of ether oxygens (including phenoxy) is 1. The van der Waals surface area contributed by atoms with E-state index in [1.165, 1.54) is 20.7 Å². The highest BCUT2D eigenvalue weighted by atomic mass is 16.5. The molecule has 0 unspecified atom stereocenters. The minimum atomic E-state index is -0.274. The van der Waals surface area contributed by atoms with Gasteiger partial charge in [0, 0.05) is 50.2 Å². The Hall–Kier alpha value is -3.03. The number of benzene rings is 1. The number of likely N-dealkylation sites (N-methyl/N-ethyl adjacent to an activating group) is 1. The lowest BCUT2D eigenvalue weighted by molar-refractivity contribution is -0.133. The highest BCUT2D eigenvalue weighted by Crippen LogP contribution is 2.34. The highest BCUT2D eigenvalue weighted by molar-refractivity contribution is 6.01. The molecule has 1 aromatic carbocycles. The molecule has 0 aliphatic carbocycles. The van der Waals surface area contributed by atoms with E-state index in [1.807, 2.05) is 17.0 Å². The molecule has 0 spiro atoms. The van der Waals surface area contributed by atoms with E-state index in [0.29, 0.717) is 25.3 Å². The SMILES string of the molecule is COc1ccc2[nH]cc(C3CCN(C(=O)CCCN4C(=O)CN(C)C4=O)CC3)c2c1. The number of imide groups is 1. The van der Waals surface area contributed by atoms with E-state index in [4.69, 9.17) is 4.74 Å². The molecule has 4 amide bonds. The summed E-state index contributed by atoms with van der Waals surface area (Å²) < 4.78 is 5.36. The number of hydrogen-bond acceptors (Lipinski definition) is 4. The van der Waals surface area contributed by atoms with Crippen LogP contribution in [0.1, 0.15) is 37.2 Å². The first-order valence-corrected chi connectivity index (χ1v) is 10.5. The van der Waals surface area contributed by atoms with E-state index in [0.717, 1.165) is 37.2 Å². The standard InChI is InChI=1S/C22H28N4O4/c1-24-14-21(28)26(22(24)29)9-3-4-20(27)25-10-7-15(8-11-25)18-13-23-19-6-5-16(30-2)12-17(18)19/h5-6,12-13,15,23H,3-4,7-11,14H2,1-2H3. The molecule has 1 aromatic heterocycles. The number of rotatable bonds is 6. The first kappa shape index (κ1) is 20.3. The smallest absolute Gasteiger partial charge is 0.326 e. The summed E-state index contributed by atoms with van der Waals surface area (Å²) in [4.78, 5) is 44.2. The molecule has 0 bridgehead atoms. The molecule has 2 fully saturated rings. The van der Waals surface area contributed by atoms with E-state index in [9.17, 15) is 14.4 Å². The Bertz CT molecular complexity index is 961. The van der Waals surface area contributed by atoms with Gasteiger partial charge in [-0.2, -0.15) is 0 Å². The van der Waals surface area contributed by atoms with Crippen LogP contribution in [0, 0.1) is 0 Å². The number of H-pyrrole nitrogens is 1. The Morgan fingerprint density at radius 2 is 2.00 bits per heavy atom. The van der Waals surface area contributed by atoms with Crippen molar-refractivity contribution in [2.75, 3.05) is 40.3 Å². The van der Waals surface area contributed by atoms with Crippen molar-refractivity contribution in [1.29, 1.82) is 0 Å². The number of methoxy groups -OCH3 is 1. The maximum atomic E-state index is 12.6. The molecule has 0 radical (unpaired) electrons. The van der Waals surface area contributed by atoms with Crippen molar-refractivity contribution in [3.05, 3.63) is 30.0 Å². The average Bonchev–Trinajstić information content (AvgIpc) is 3.28. The zero-order valence-electron chi connectivity index (χ0n) is 17.5. The van der Waals surface area contributed by atoms with E-state index in [2.05, 4.69) is 17.2 Å². The number of hydrogen-bond donors (Lipinski definition) is 1. The molecule has 2 aliphatic heterocycles. The minimum absolute atomic E-state index is 0.0986. The second-order valence-corrected chi connectivity index (χ2v) is 8.10. The van der Waals surface area contributed by atoms with Crippen LogP contribution in [0.15, 0.2) is 24.4 Å². The van der Waals surface area contributed by atoms with Crippen molar-refractivity contribution in [3.8, 4) is 5.75 Å². The van der Waals surface area contributed by atoms with Crippen LogP contribution in [0.25, 0.3) is 10.9 Å². The number of aromatic amines is 1. The third-order valence-corrected chi connectivity index (χ3v) is 6.21. The molecule has 2 aliphatic rings. The second kappa shape index (κ2) is 8.38. The van der Waals surface area contributed by atoms with Gasteiger partial charge in [-0.05, 0) is 48.9 Å². The molecule has 2 saturated heterocycles. The van der Waals surface area contributed by atoms with Crippen LogP contribution in [-0.2, 0) is 9.59 Å². The minimum Gasteiger partial charge on any atom is -0.497 e. The van der Waals surface area contributed by atoms with Crippen LogP contribution in [0.4, 0.5) is 4.79 Å². The van der Waals surface area contributed by atoms with Crippen LogP contribution >= 0.6 is 0 Å². The Balaban J connectivity index is 1.29. The van der Waals surface area contributed by atoms with Gasteiger partial charge in [-0.1, -0.05) is 0 Å². The fraction of sp³-hybridized carbons (Fsp3) is 0.500. The fourth-order valence-electron chi connectivity index (χ4n) is 4.46. The number of carbonyl (C=O) groups excluding carboxylic acids is 3. The van der Waals surface area contributed by atoms with Gasteiger partial charge in [0.2, 0.25) is 11.8 Å². The lowest BCUT2D eigenvalue weighted by atomic mass is 9.89. The second-order valence-electron chi connectivity index (χ2n) is 8.10. The number of carbonyl (C=O) groups is 3. The molecule has 2 aromatic rings. The number of amides is 4. The first-order chi connectivity index (χ1) is 14.5. The molecule has 0 atom stereocenters. The number of likely N-dealkylation sites (tertiary alicyclic amines) is 1. The number of aromatic nitrogens is 1. The highest BCUT2D eigenvalue weighted by Gasteiger charge is 2.33. The molecule has 8 nitrogen and oxygen atoms in total. The topological polar surface area (TPSA) is 85.9 Å². The summed E-state index contributed by atoms with van der Waals surface area (Å²) in [5.74, 6) is 1.16. The van der Waals surface area contributed by atoms with Crippen molar-refractivity contribution in [2.45, 2.75) is 31.6 Å². The van der Waals surface area contributed by atoms with E-state index >= 15 is 0 Å². The largest absolute Gasteiger partial charge is 0.497 e. The monoisotopic (exact) mass is 412 g/mol. The molecule has 160 valence electrons. The number of urea groups is 1. The van der Waals surface area contributed by atoms with Crippen LogP contribution < -0.4 is 4.74 Å². The Labute approximate surface area is 175 Å². The Morgan fingerprint density at radius 1 is 1.23 bits per heavy atom. The Morgan fingerprint density at radius 3 is 2.67 bits per heavy atom. The lowest BCUT2D eigenvalue weighted by Crippen LogP contribution is -2.38. The van der Waals surface area contributed by atoms with Gasteiger partial charge in [0.1, 0.15) is 12.3 Å². The summed E-state index contributed by atoms with van der Waals surface area (Å²) in [6, 6.07) is 5.77. The van der Waals surface area contributed by atoms with Gasteiger partial charge in [0.15, 0.2) is 0 Å². The molecule has 4 rings (SSSR count). The van der Waals surface area contributed by atoms with E-state index in [-0.39, 0.29) is 24.4 Å². The van der Waals surface area contributed by atoms with Crippen LogP contribution in [0.2, 0.25) is 0 Å². The summed E-state index contributed by atoms with van der Waals surface area (Å²) >= 11 is 0. The molecule has 30 heavy (non-hydrogen) atoms. The van der Waals surface area contributed by atoms with Gasteiger partial charge in [0.25, 0.3) is 0 Å². The number of piperidine rings is 1. The summed E-state index contributed by atoms with van der Waals surface area (Å²) in [7, 11) is 3.28. The molecular weight excluding hydrogens is 384 g/mol. The molecular formula is C22H28N4O4.